The maximum atomic E-state index is 13.9. The van der Waals surface area contributed by atoms with Crippen LogP contribution in [0.3, 0.4) is 0 Å². The van der Waals surface area contributed by atoms with Crippen molar-refractivity contribution in [3.05, 3.63) is 64.5 Å². The minimum absolute atomic E-state index is 0.109. The number of hydrogen-bond acceptors (Lipinski definition) is 2. The number of aryl methyl sites for hydroxylation is 1. The second-order valence-electron chi connectivity index (χ2n) is 4.80. The highest BCUT2D eigenvalue weighted by Gasteiger charge is 2.14. The van der Waals surface area contributed by atoms with Gasteiger partial charge >= 0.3 is 0 Å². The van der Waals surface area contributed by atoms with Crippen LogP contribution in [0.1, 0.15) is 29.7 Å². The Kier molecular flexibility index (Phi) is 4.18. The number of hydrogen-bond donors (Lipinski definition) is 1. The average molecular weight is 290 g/mol. The minimum Gasteiger partial charge on any atom is -0.378 e. The highest BCUT2D eigenvalue weighted by atomic mass is 19.1. The Morgan fingerprint density at radius 1 is 1.05 bits per heavy atom. The summed E-state index contributed by atoms with van der Waals surface area (Å²) in [5, 5.41) is 11.7. The summed E-state index contributed by atoms with van der Waals surface area (Å²) >= 11 is 0. The van der Waals surface area contributed by atoms with E-state index in [9.17, 15) is 13.2 Å². The second-order valence-corrected chi connectivity index (χ2v) is 4.80. The van der Waals surface area contributed by atoms with Crippen molar-refractivity contribution in [1.29, 1.82) is 5.26 Å². The fourth-order valence-electron chi connectivity index (χ4n) is 2.02. The summed E-state index contributed by atoms with van der Waals surface area (Å²) in [7, 11) is 0. The summed E-state index contributed by atoms with van der Waals surface area (Å²) in [5.74, 6) is -1.63. The van der Waals surface area contributed by atoms with E-state index >= 15 is 0 Å². The summed E-state index contributed by atoms with van der Waals surface area (Å²) in [6.45, 7) is 3.14. The Hall–Kier alpha value is -2.48. The van der Waals surface area contributed by atoms with Gasteiger partial charge in [-0.1, -0.05) is 0 Å². The maximum Gasteiger partial charge on any atom is 0.141 e. The van der Waals surface area contributed by atoms with Gasteiger partial charge in [-0.15, -0.1) is 0 Å². The van der Waals surface area contributed by atoms with E-state index in [0.29, 0.717) is 5.69 Å². The number of nitrogens with zero attached hydrogens (tertiary/aromatic N) is 1. The van der Waals surface area contributed by atoms with Crippen LogP contribution >= 0.6 is 0 Å². The molecule has 108 valence electrons. The number of rotatable bonds is 3. The van der Waals surface area contributed by atoms with E-state index in [1.165, 1.54) is 19.1 Å². The first-order chi connectivity index (χ1) is 9.92. The van der Waals surface area contributed by atoms with Crippen LogP contribution in [0.2, 0.25) is 0 Å². The largest absolute Gasteiger partial charge is 0.378 e. The molecule has 0 aliphatic carbocycles. The summed E-state index contributed by atoms with van der Waals surface area (Å²) < 4.78 is 40.6. The van der Waals surface area contributed by atoms with Crippen LogP contribution in [-0.4, -0.2) is 0 Å². The van der Waals surface area contributed by atoms with Crippen molar-refractivity contribution < 1.29 is 13.2 Å². The molecule has 5 heteroatoms. The zero-order valence-corrected chi connectivity index (χ0v) is 11.5. The lowest BCUT2D eigenvalue weighted by Gasteiger charge is -2.17. The predicted octanol–water partition coefficient (Wildman–Crippen LogP) is 4.46. The second kappa shape index (κ2) is 5.88. The van der Waals surface area contributed by atoms with Gasteiger partial charge in [0.25, 0.3) is 0 Å². The topological polar surface area (TPSA) is 35.8 Å². The number of benzene rings is 2. The lowest BCUT2D eigenvalue weighted by Crippen LogP contribution is -2.10. The Bertz CT molecular complexity index is 720. The molecule has 2 nitrogen and oxygen atoms in total. The quantitative estimate of drug-likeness (QED) is 0.906. The van der Waals surface area contributed by atoms with Crippen molar-refractivity contribution in [3.8, 4) is 6.07 Å². The van der Waals surface area contributed by atoms with E-state index in [4.69, 9.17) is 5.26 Å². The monoisotopic (exact) mass is 290 g/mol. The van der Waals surface area contributed by atoms with E-state index in [-0.39, 0.29) is 16.7 Å². The average Bonchev–Trinajstić information content (AvgIpc) is 2.44. The molecule has 0 aliphatic rings. The zero-order valence-electron chi connectivity index (χ0n) is 11.5. The van der Waals surface area contributed by atoms with Gasteiger partial charge in [0.05, 0.1) is 11.6 Å². The van der Waals surface area contributed by atoms with E-state index in [1.807, 2.05) is 0 Å². The van der Waals surface area contributed by atoms with Gasteiger partial charge in [0.2, 0.25) is 0 Å². The molecule has 1 unspecified atom stereocenters. The van der Waals surface area contributed by atoms with E-state index in [2.05, 4.69) is 5.32 Å². The fourth-order valence-corrected chi connectivity index (χ4v) is 2.02. The Labute approximate surface area is 120 Å². The van der Waals surface area contributed by atoms with Crippen LogP contribution in [0.15, 0.2) is 30.3 Å². The van der Waals surface area contributed by atoms with E-state index in [0.717, 1.165) is 18.2 Å². The molecule has 1 N–H and O–H groups in total. The third-order valence-corrected chi connectivity index (χ3v) is 3.21. The molecular weight excluding hydrogens is 277 g/mol. The molecule has 0 amide bonds. The molecule has 0 spiro atoms. The summed E-state index contributed by atoms with van der Waals surface area (Å²) in [6, 6.07) is 7.39. The molecule has 2 aromatic carbocycles. The van der Waals surface area contributed by atoms with Gasteiger partial charge < -0.3 is 5.32 Å². The van der Waals surface area contributed by atoms with E-state index in [1.54, 1.807) is 13.0 Å². The van der Waals surface area contributed by atoms with Gasteiger partial charge in [-0.25, -0.2) is 13.2 Å². The van der Waals surface area contributed by atoms with Crippen LogP contribution in [0.5, 0.6) is 0 Å². The number of halogens is 3. The molecule has 0 saturated heterocycles. The Morgan fingerprint density at radius 2 is 1.76 bits per heavy atom. The van der Waals surface area contributed by atoms with Crippen molar-refractivity contribution in [2.45, 2.75) is 19.9 Å². The molecule has 0 radical (unpaired) electrons. The Balaban J connectivity index is 2.28. The number of nitriles is 1. The molecule has 2 aromatic rings. The van der Waals surface area contributed by atoms with Gasteiger partial charge in [-0.3, -0.25) is 0 Å². The lowest BCUT2D eigenvalue weighted by atomic mass is 10.0. The molecule has 0 aliphatic heterocycles. The summed E-state index contributed by atoms with van der Waals surface area (Å²) in [5.41, 5.74) is 0.751. The summed E-state index contributed by atoms with van der Waals surface area (Å²) in [4.78, 5) is 0. The normalized spacial score (nSPS) is 11.8. The molecule has 0 fully saturated rings. The van der Waals surface area contributed by atoms with Crippen LogP contribution < -0.4 is 5.32 Å². The molecule has 2 rings (SSSR count). The van der Waals surface area contributed by atoms with E-state index < -0.39 is 23.5 Å². The van der Waals surface area contributed by atoms with Crippen molar-refractivity contribution in [2.75, 3.05) is 5.32 Å². The van der Waals surface area contributed by atoms with Crippen LogP contribution in [0.25, 0.3) is 0 Å². The highest BCUT2D eigenvalue weighted by Crippen LogP contribution is 2.25. The fraction of sp³-hybridized carbons (Fsp3) is 0.188. The van der Waals surface area contributed by atoms with Crippen LogP contribution in [-0.2, 0) is 0 Å². The van der Waals surface area contributed by atoms with Crippen LogP contribution in [0.4, 0.5) is 18.9 Å². The van der Waals surface area contributed by atoms with Crippen molar-refractivity contribution >= 4 is 5.69 Å². The van der Waals surface area contributed by atoms with Crippen molar-refractivity contribution in [2.24, 2.45) is 0 Å². The molecule has 0 bridgehead atoms. The summed E-state index contributed by atoms with van der Waals surface area (Å²) in [6.07, 6.45) is 0. The zero-order chi connectivity index (χ0) is 15.6. The number of nitrogens with one attached hydrogen (secondary N) is 1. The molecule has 0 heterocycles. The number of anilines is 1. The third kappa shape index (κ3) is 3.16. The maximum absolute atomic E-state index is 13.9. The standard InChI is InChI=1S/C16H13F3N2/c1-9-5-16(19)13(7-15(9)18)10(2)21-12-3-4-14(17)11(6-12)8-20/h3-7,10,21H,1-2H3. The smallest absolute Gasteiger partial charge is 0.141 e. The van der Waals surface area contributed by atoms with Gasteiger partial charge in [0.15, 0.2) is 0 Å². The van der Waals surface area contributed by atoms with Gasteiger partial charge in [0.1, 0.15) is 23.5 Å². The highest BCUT2D eigenvalue weighted by molar-refractivity contribution is 5.51. The molecule has 21 heavy (non-hydrogen) atoms. The first kappa shape index (κ1) is 14.9. The predicted molar refractivity (Wildman–Crippen MR) is 74.2 cm³/mol. The third-order valence-electron chi connectivity index (χ3n) is 3.21. The van der Waals surface area contributed by atoms with Crippen molar-refractivity contribution in [3.63, 3.8) is 0 Å². The lowest BCUT2D eigenvalue weighted by molar-refractivity contribution is 0.571. The molecule has 0 saturated carbocycles. The molecule has 0 aromatic heterocycles. The minimum atomic E-state index is -0.622. The Morgan fingerprint density at radius 3 is 2.43 bits per heavy atom. The first-order valence-electron chi connectivity index (χ1n) is 6.34. The first-order valence-corrected chi connectivity index (χ1v) is 6.34. The molecular formula is C16H13F3N2. The van der Waals surface area contributed by atoms with Crippen molar-refractivity contribution in [1.82, 2.24) is 0 Å². The molecule has 1 atom stereocenters. The van der Waals surface area contributed by atoms with Gasteiger partial charge in [-0.05, 0) is 49.7 Å². The van der Waals surface area contributed by atoms with Gasteiger partial charge in [0, 0.05) is 11.3 Å². The van der Waals surface area contributed by atoms with Crippen LogP contribution in [0, 0.1) is 35.7 Å². The SMILES string of the molecule is Cc1cc(F)c(C(C)Nc2ccc(F)c(C#N)c2)cc1F. The van der Waals surface area contributed by atoms with Gasteiger partial charge in [-0.2, -0.15) is 5.26 Å².